The second-order valence-electron chi connectivity index (χ2n) is 5.10. The minimum atomic E-state index is -0.317. The average molecular weight is 353 g/mol. The largest absolute Gasteiger partial charge is 0.293 e. The van der Waals surface area contributed by atoms with E-state index in [9.17, 15) is 9.18 Å². The molecule has 0 fully saturated rings. The maximum atomic E-state index is 13.7. The molecule has 0 aliphatic heterocycles. The molecule has 2 aromatic rings. The molecule has 1 aromatic carbocycles. The van der Waals surface area contributed by atoms with Crippen LogP contribution in [0.15, 0.2) is 28.7 Å². The Morgan fingerprint density at radius 1 is 1.25 bits per heavy atom. The highest BCUT2D eigenvalue weighted by atomic mass is 79.9. The number of hydrogen-bond acceptors (Lipinski definition) is 2. The highest BCUT2D eigenvalue weighted by molar-refractivity contribution is 9.10. The molecule has 1 aromatic heterocycles. The number of ketones is 1. The van der Waals surface area contributed by atoms with Gasteiger partial charge in [-0.1, -0.05) is 15.9 Å². The van der Waals surface area contributed by atoms with E-state index in [1.165, 1.54) is 29.3 Å². The van der Waals surface area contributed by atoms with E-state index in [0.717, 1.165) is 22.2 Å². The van der Waals surface area contributed by atoms with Gasteiger partial charge in [-0.2, -0.15) is 0 Å². The molecular weight excluding hydrogens is 339 g/mol. The molecule has 1 nitrogen and oxygen atoms in total. The van der Waals surface area contributed by atoms with Crippen LogP contribution in [0.2, 0.25) is 0 Å². The van der Waals surface area contributed by atoms with Crippen LogP contribution in [-0.2, 0) is 19.3 Å². The van der Waals surface area contributed by atoms with Gasteiger partial charge in [0, 0.05) is 15.8 Å². The molecule has 0 saturated heterocycles. The van der Waals surface area contributed by atoms with E-state index in [-0.39, 0.29) is 18.0 Å². The Bertz CT molecular complexity index is 639. The number of Topliss-reactive ketones (excluding diaryl/α,β-unsaturated/α-hetero) is 1. The van der Waals surface area contributed by atoms with Gasteiger partial charge in [0.25, 0.3) is 0 Å². The number of aryl methyl sites for hydroxylation is 2. The van der Waals surface area contributed by atoms with Crippen molar-refractivity contribution in [3.05, 3.63) is 55.4 Å². The van der Waals surface area contributed by atoms with Gasteiger partial charge < -0.3 is 0 Å². The number of hydrogen-bond donors (Lipinski definition) is 0. The quantitative estimate of drug-likeness (QED) is 0.714. The molecule has 0 saturated carbocycles. The summed E-state index contributed by atoms with van der Waals surface area (Å²) in [6.07, 6.45) is 4.70. The Morgan fingerprint density at radius 3 is 2.85 bits per heavy atom. The van der Waals surface area contributed by atoms with Gasteiger partial charge >= 0.3 is 0 Å². The summed E-state index contributed by atoms with van der Waals surface area (Å²) < 4.78 is 14.5. The van der Waals surface area contributed by atoms with E-state index in [1.54, 1.807) is 23.5 Å². The minimum Gasteiger partial charge on any atom is -0.293 e. The van der Waals surface area contributed by atoms with E-state index in [2.05, 4.69) is 15.9 Å². The predicted octanol–water partition coefficient (Wildman–Crippen LogP) is 4.95. The summed E-state index contributed by atoms with van der Waals surface area (Å²) in [5, 5.41) is 0. The zero-order chi connectivity index (χ0) is 14.1. The summed E-state index contributed by atoms with van der Waals surface area (Å²) in [6, 6.07) is 6.73. The molecule has 1 heterocycles. The number of fused-ring (bicyclic) bond motifs is 1. The number of thiophene rings is 1. The number of carbonyl (C=O) groups excluding carboxylic acids is 1. The summed E-state index contributed by atoms with van der Waals surface area (Å²) in [5.74, 6) is -0.302. The molecule has 1 aliphatic rings. The predicted molar refractivity (Wildman–Crippen MR) is 83.1 cm³/mol. The van der Waals surface area contributed by atoms with E-state index in [4.69, 9.17) is 0 Å². The van der Waals surface area contributed by atoms with Crippen molar-refractivity contribution in [2.45, 2.75) is 32.1 Å². The number of carbonyl (C=O) groups is 1. The van der Waals surface area contributed by atoms with Crippen molar-refractivity contribution in [2.75, 3.05) is 0 Å². The minimum absolute atomic E-state index is 0.0152. The number of benzene rings is 1. The van der Waals surface area contributed by atoms with Crippen molar-refractivity contribution < 1.29 is 9.18 Å². The molecule has 0 N–H and O–H groups in total. The van der Waals surface area contributed by atoms with Gasteiger partial charge in [0.2, 0.25) is 0 Å². The molecule has 0 spiro atoms. The molecule has 20 heavy (non-hydrogen) atoms. The third kappa shape index (κ3) is 2.86. The van der Waals surface area contributed by atoms with Gasteiger partial charge in [-0.15, -0.1) is 11.3 Å². The SMILES string of the molecule is O=C(Cc1cc(Br)ccc1F)c1cc2c(s1)CCCC2. The number of rotatable bonds is 3. The zero-order valence-corrected chi connectivity index (χ0v) is 13.3. The average Bonchev–Trinajstić information content (AvgIpc) is 2.87. The first-order valence-electron chi connectivity index (χ1n) is 6.72. The van der Waals surface area contributed by atoms with E-state index in [1.807, 2.05) is 6.07 Å². The third-order valence-corrected chi connectivity index (χ3v) is 5.40. The van der Waals surface area contributed by atoms with Crippen molar-refractivity contribution in [3.63, 3.8) is 0 Å². The fourth-order valence-electron chi connectivity index (χ4n) is 2.57. The van der Waals surface area contributed by atoms with Crippen molar-refractivity contribution in [2.24, 2.45) is 0 Å². The van der Waals surface area contributed by atoms with Gasteiger partial charge in [-0.3, -0.25) is 4.79 Å². The van der Waals surface area contributed by atoms with Crippen molar-refractivity contribution in [3.8, 4) is 0 Å². The Balaban J connectivity index is 1.82. The smallest absolute Gasteiger partial charge is 0.177 e. The second kappa shape index (κ2) is 5.78. The lowest BCUT2D eigenvalue weighted by atomic mass is 9.98. The lowest BCUT2D eigenvalue weighted by Crippen LogP contribution is -2.03. The fraction of sp³-hybridized carbons (Fsp3) is 0.312. The van der Waals surface area contributed by atoms with Crippen LogP contribution in [0.5, 0.6) is 0 Å². The summed E-state index contributed by atoms with van der Waals surface area (Å²) in [6.45, 7) is 0. The summed E-state index contributed by atoms with van der Waals surface area (Å²) in [5.41, 5.74) is 1.77. The first-order chi connectivity index (χ1) is 9.63. The Morgan fingerprint density at radius 2 is 2.05 bits per heavy atom. The number of halogens is 2. The van der Waals surface area contributed by atoms with Crippen LogP contribution < -0.4 is 0 Å². The molecule has 0 amide bonds. The first-order valence-corrected chi connectivity index (χ1v) is 8.33. The van der Waals surface area contributed by atoms with Crippen LogP contribution in [-0.4, -0.2) is 5.78 Å². The maximum Gasteiger partial charge on any atom is 0.177 e. The van der Waals surface area contributed by atoms with E-state index >= 15 is 0 Å². The standard InChI is InChI=1S/C16H14BrFOS/c17-12-5-6-13(18)11(7-12)8-14(19)16-9-10-3-1-2-4-15(10)20-16/h5-7,9H,1-4,8H2. The molecule has 3 rings (SSSR count). The summed E-state index contributed by atoms with van der Waals surface area (Å²) >= 11 is 4.90. The lowest BCUT2D eigenvalue weighted by Gasteiger charge is -2.08. The van der Waals surface area contributed by atoms with Crippen molar-refractivity contribution in [1.82, 2.24) is 0 Å². The Labute approximate surface area is 130 Å². The van der Waals surface area contributed by atoms with Crippen LogP contribution >= 0.6 is 27.3 Å². The first kappa shape index (κ1) is 14.0. The molecule has 0 bridgehead atoms. The second-order valence-corrected chi connectivity index (χ2v) is 7.15. The molecule has 4 heteroatoms. The zero-order valence-electron chi connectivity index (χ0n) is 10.9. The van der Waals surface area contributed by atoms with Gasteiger partial charge in [0.1, 0.15) is 5.82 Å². The molecule has 0 atom stereocenters. The van der Waals surface area contributed by atoms with Gasteiger partial charge in [0.05, 0.1) is 4.88 Å². The van der Waals surface area contributed by atoms with Gasteiger partial charge in [-0.05, 0) is 61.1 Å². The van der Waals surface area contributed by atoms with E-state index < -0.39 is 0 Å². The highest BCUT2D eigenvalue weighted by Gasteiger charge is 2.18. The Hall–Kier alpha value is -1.00. The highest BCUT2D eigenvalue weighted by Crippen LogP contribution is 2.30. The van der Waals surface area contributed by atoms with Crippen LogP contribution in [0.4, 0.5) is 4.39 Å². The molecular formula is C16H14BrFOS. The lowest BCUT2D eigenvalue weighted by molar-refractivity contribution is 0.0995. The molecule has 0 radical (unpaired) electrons. The summed E-state index contributed by atoms with van der Waals surface area (Å²) in [7, 11) is 0. The maximum absolute atomic E-state index is 13.7. The normalized spacial score (nSPS) is 14.1. The monoisotopic (exact) mass is 352 g/mol. The van der Waals surface area contributed by atoms with Crippen molar-refractivity contribution >= 4 is 33.0 Å². The molecule has 1 aliphatic carbocycles. The Kier molecular flexibility index (Phi) is 4.03. The van der Waals surface area contributed by atoms with E-state index in [0.29, 0.717) is 5.56 Å². The van der Waals surface area contributed by atoms with Crippen LogP contribution in [0, 0.1) is 5.82 Å². The third-order valence-electron chi connectivity index (χ3n) is 3.63. The fourth-order valence-corrected chi connectivity index (χ4v) is 4.17. The summed E-state index contributed by atoms with van der Waals surface area (Å²) in [4.78, 5) is 14.4. The topological polar surface area (TPSA) is 17.1 Å². The van der Waals surface area contributed by atoms with Crippen LogP contribution in [0.25, 0.3) is 0 Å². The van der Waals surface area contributed by atoms with Gasteiger partial charge in [0.15, 0.2) is 5.78 Å². The van der Waals surface area contributed by atoms with Crippen LogP contribution in [0.1, 0.15) is 38.5 Å². The van der Waals surface area contributed by atoms with Gasteiger partial charge in [-0.25, -0.2) is 4.39 Å². The molecule has 104 valence electrons. The van der Waals surface area contributed by atoms with Crippen molar-refractivity contribution in [1.29, 1.82) is 0 Å². The van der Waals surface area contributed by atoms with Crippen LogP contribution in [0.3, 0.4) is 0 Å². The molecule has 0 unspecified atom stereocenters.